The van der Waals surface area contributed by atoms with Gasteiger partial charge in [-0.15, -0.1) is 0 Å². The molecular formula is C18H14ClNO. The minimum atomic E-state index is 0.476. The molecule has 0 saturated carbocycles. The first-order valence-corrected chi connectivity index (χ1v) is 6.82. The van der Waals surface area contributed by atoms with E-state index in [0.717, 1.165) is 16.9 Å². The third-order valence-corrected chi connectivity index (χ3v) is 3.09. The molecule has 2 rings (SSSR count). The second kappa shape index (κ2) is 7.33. The van der Waals surface area contributed by atoms with E-state index >= 15 is 0 Å². The van der Waals surface area contributed by atoms with E-state index in [0.29, 0.717) is 17.2 Å². The van der Waals surface area contributed by atoms with Gasteiger partial charge in [0.1, 0.15) is 12.4 Å². The first-order valence-electron chi connectivity index (χ1n) is 6.44. The maximum absolute atomic E-state index is 9.29. The Hall–Kier alpha value is -2.50. The van der Waals surface area contributed by atoms with Gasteiger partial charge in [-0.05, 0) is 41.5 Å². The number of hydrogen-bond donors (Lipinski definition) is 0. The monoisotopic (exact) mass is 295 g/mol. The summed E-state index contributed by atoms with van der Waals surface area (Å²) in [6.45, 7) is 4.08. The SMILES string of the molecule is C=CCOc1ccc(/C=C(/C#N)c2ccc(Cl)cc2)cc1. The van der Waals surface area contributed by atoms with Crippen molar-refractivity contribution in [2.45, 2.75) is 0 Å². The second-order valence-electron chi connectivity index (χ2n) is 4.35. The summed E-state index contributed by atoms with van der Waals surface area (Å²) in [5.74, 6) is 0.775. The number of nitriles is 1. The summed E-state index contributed by atoms with van der Waals surface area (Å²) in [4.78, 5) is 0. The van der Waals surface area contributed by atoms with Crippen molar-refractivity contribution in [2.75, 3.05) is 6.61 Å². The predicted octanol–water partition coefficient (Wildman–Crippen LogP) is 4.97. The summed E-state index contributed by atoms with van der Waals surface area (Å²) < 4.78 is 5.42. The van der Waals surface area contributed by atoms with Gasteiger partial charge in [0.15, 0.2) is 0 Å². The van der Waals surface area contributed by atoms with Gasteiger partial charge in [0, 0.05) is 5.02 Å². The zero-order valence-electron chi connectivity index (χ0n) is 11.4. The van der Waals surface area contributed by atoms with Gasteiger partial charge in [-0.1, -0.05) is 48.5 Å². The van der Waals surface area contributed by atoms with Crippen LogP contribution in [0, 0.1) is 11.3 Å². The molecule has 2 nitrogen and oxygen atoms in total. The van der Waals surface area contributed by atoms with Gasteiger partial charge in [-0.2, -0.15) is 5.26 Å². The number of allylic oxidation sites excluding steroid dienone is 1. The van der Waals surface area contributed by atoms with E-state index in [-0.39, 0.29) is 0 Å². The van der Waals surface area contributed by atoms with Crippen LogP contribution in [0.2, 0.25) is 5.02 Å². The van der Waals surface area contributed by atoms with E-state index < -0.39 is 0 Å². The maximum Gasteiger partial charge on any atom is 0.119 e. The highest BCUT2D eigenvalue weighted by Gasteiger charge is 2.01. The van der Waals surface area contributed by atoms with Crippen LogP contribution >= 0.6 is 11.6 Å². The van der Waals surface area contributed by atoms with Crippen molar-refractivity contribution in [3.63, 3.8) is 0 Å². The molecular weight excluding hydrogens is 282 g/mol. The van der Waals surface area contributed by atoms with Gasteiger partial charge in [0.05, 0.1) is 11.6 Å². The molecule has 0 fully saturated rings. The molecule has 0 unspecified atom stereocenters. The lowest BCUT2D eigenvalue weighted by molar-refractivity contribution is 0.363. The van der Waals surface area contributed by atoms with Crippen LogP contribution in [0.15, 0.2) is 61.2 Å². The number of benzene rings is 2. The highest BCUT2D eigenvalue weighted by molar-refractivity contribution is 6.30. The zero-order valence-corrected chi connectivity index (χ0v) is 12.2. The summed E-state index contributed by atoms with van der Waals surface area (Å²) in [6.07, 6.45) is 3.53. The van der Waals surface area contributed by atoms with E-state index in [4.69, 9.17) is 16.3 Å². The van der Waals surface area contributed by atoms with Crippen LogP contribution in [-0.4, -0.2) is 6.61 Å². The normalized spacial score (nSPS) is 10.8. The highest BCUT2D eigenvalue weighted by Crippen LogP contribution is 2.21. The number of rotatable bonds is 5. The Morgan fingerprint density at radius 3 is 2.38 bits per heavy atom. The Morgan fingerprint density at radius 1 is 1.14 bits per heavy atom. The molecule has 0 N–H and O–H groups in total. The van der Waals surface area contributed by atoms with Gasteiger partial charge >= 0.3 is 0 Å². The molecule has 0 radical (unpaired) electrons. The van der Waals surface area contributed by atoms with Crippen molar-refractivity contribution >= 4 is 23.3 Å². The molecule has 0 aromatic heterocycles. The molecule has 0 aliphatic heterocycles. The van der Waals surface area contributed by atoms with Crippen molar-refractivity contribution < 1.29 is 4.74 Å². The fourth-order valence-corrected chi connectivity index (χ4v) is 1.92. The molecule has 0 amide bonds. The average molecular weight is 296 g/mol. The fraction of sp³-hybridized carbons (Fsp3) is 0.0556. The average Bonchev–Trinajstić information content (AvgIpc) is 2.53. The molecule has 3 heteroatoms. The third-order valence-electron chi connectivity index (χ3n) is 2.83. The first-order chi connectivity index (χ1) is 10.2. The molecule has 0 spiro atoms. The zero-order chi connectivity index (χ0) is 15.1. The molecule has 0 saturated heterocycles. The van der Waals surface area contributed by atoms with Crippen molar-refractivity contribution in [1.82, 2.24) is 0 Å². The standard InChI is InChI=1S/C18H14ClNO/c1-2-11-21-18-9-3-14(4-10-18)12-16(13-20)15-5-7-17(19)8-6-15/h2-10,12H,1,11H2/b16-12-. The predicted molar refractivity (Wildman–Crippen MR) is 87.1 cm³/mol. The van der Waals surface area contributed by atoms with Crippen LogP contribution < -0.4 is 4.74 Å². The van der Waals surface area contributed by atoms with Crippen molar-refractivity contribution in [3.8, 4) is 11.8 Å². The largest absolute Gasteiger partial charge is 0.490 e. The van der Waals surface area contributed by atoms with E-state index in [2.05, 4.69) is 12.6 Å². The van der Waals surface area contributed by atoms with Crippen LogP contribution in [0.5, 0.6) is 5.75 Å². The lowest BCUT2D eigenvalue weighted by Gasteiger charge is -2.04. The van der Waals surface area contributed by atoms with Gasteiger partial charge in [0.25, 0.3) is 0 Å². The minimum Gasteiger partial charge on any atom is -0.490 e. The summed E-state index contributed by atoms with van der Waals surface area (Å²) >= 11 is 5.86. The lowest BCUT2D eigenvalue weighted by Crippen LogP contribution is -1.92. The lowest BCUT2D eigenvalue weighted by atomic mass is 10.0. The van der Waals surface area contributed by atoms with Crippen LogP contribution in [-0.2, 0) is 0 Å². The van der Waals surface area contributed by atoms with Crippen LogP contribution in [0.3, 0.4) is 0 Å². The Labute approximate surface area is 129 Å². The summed E-state index contributed by atoms with van der Waals surface area (Å²) in [7, 11) is 0. The molecule has 104 valence electrons. The number of halogens is 1. The molecule has 0 aliphatic rings. The maximum atomic E-state index is 9.29. The highest BCUT2D eigenvalue weighted by atomic mass is 35.5. The van der Waals surface area contributed by atoms with Crippen LogP contribution in [0.25, 0.3) is 11.6 Å². The molecule has 0 bridgehead atoms. The Morgan fingerprint density at radius 2 is 1.81 bits per heavy atom. The van der Waals surface area contributed by atoms with Crippen molar-refractivity contribution in [3.05, 3.63) is 77.3 Å². The van der Waals surface area contributed by atoms with Crippen molar-refractivity contribution in [2.24, 2.45) is 0 Å². The summed E-state index contributed by atoms with van der Waals surface area (Å²) in [5.41, 5.74) is 2.37. The van der Waals surface area contributed by atoms with Gasteiger partial charge in [-0.25, -0.2) is 0 Å². The van der Waals surface area contributed by atoms with E-state index in [1.807, 2.05) is 42.5 Å². The topological polar surface area (TPSA) is 33.0 Å². The Balaban J connectivity index is 2.22. The number of hydrogen-bond acceptors (Lipinski definition) is 2. The Kier molecular flexibility index (Phi) is 5.20. The fourth-order valence-electron chi connectivity index (χ4n) is 1.79. The third kappa shape index (κ3) is 4.24. The molecule has 2 aromatic carbocycles. The van der Waals surface area contributed by atoms with Gasteiger partial charge < -0.3 is 4.74 Å². The van der Waals surface area contributed by atoms with Gasteiger partial charge in [0.2, 0.25) is 0 Å². The first kappa shape index (κ1) is 14.9. The van der Waals surface area contributed by atoms with Crippen LogP contribution in [0.4, 0.5) is 0 Å². The van der Waals surface area contributed by atoms with Crippen molar-refractivity contribution in [1.29, 1.82) is 5.26 Å². The minimum absolute atomic E-state index is 0.476. The van der Waals surface area contributed by atoms with Crippen LogP contribution in [0.1, 0.15) is 11.1 Å². The summed E-state index contributed by atoms with van der Waals surface area (Å²) in [5, 5.41) is 9.95. The second-order valence-corrected chi connectivity index (χ2v) is 4.78. The van der Waals surface area contributed by atoms with E-state index in [1.165, 1.54) is 0 Å². The summed E-state index contributed by atoms with van der Waals surface area (Å²) in [6, 6.07) is 17.0. The quantitative estimate of drug-likeness (QED) is 0.443. The molecule has 21 heavy (non-hydrogen) atoms. The molecule has 0 heterocycles. The van der Waals surface area contributed by atoms with Gasteiger partial charge in [-0.3, -0.25) is 0 Å². The molecule has 0 aliphatic carbocycles. The smallest absolute Gasteiger partial charge is 0.119 e. The van der Waals surface area contributed by atoms with E-state index in [9.17, 15) is 5.26 Å². The molecule has 0 atom stereocenters. The molecule has 2 aromatic rings. The number of ether oxygens (including phenoxy) is 1. The Bertz CT molecular complexity index is 679. The van der Waals surface area contributed by atoms with E-state index in [1.54, 1.807) is 18.2 Å². The number of nitrogens with zero attached hydrogens (tertiary/aromatic N) is 1.